The highest BCUT2D eigenvalue weighted by molar-refractivity contribution is 8.02. The van der Waals surface area contributed by atoms with Gasteiger partial charge in [-0.1, -0.05) is 83.6 Å². The molecule has 2 atom stereocenters. The Morgan fingerprint density at radius 2 is 1.70 bits per heavy atom. The summed E-state index contributed by atoms with van der Waals surface area (Å²) in [6, 6.07) is 24.6. The van der Waals surface area contributed by atoms with Crippen molar-refractivity contribution in [2.24, 2.45) is 16.3 Å². The van der Waals surface area contributed by atoms with Gasteiger partial charge in [-0.15, -0.1) is 0 Å². The molecular weight excluding hydrogens is 581 g/mol. The van der Waals surface area contributed by atoms with Crippen molar-refractivity contribution in [3.05, 3.63) is 119 Å². The van der Waals surface area contributed by atoms with Crippen molar-refractivity contribution in [2.45, 2.75) is 43.1 Å². The molecule has 1 saturated heterocycles. The quantitative estimate of drug-likeness (QED) is 0.234. The smallest absolute Gasteiger partial charge is 0.434 e. The van der Waals surface area contributed by atoms with Crippen LogP contribution >= 0.6 is 11.8 Å². The largest absolute Gasteiger partial charge is 0.495 e. The summed E-state index contributed by atoms with van der Waals surface area (Å²) in [6.45, 7) is 4.56. The Morgan fingerprint density at radius 1 is 1.02 bits per heavy atom. The first-order chi connectivity index (χ1) is 20.7. The molecule has 7 nitrogen and oxygen atoms in total. The van der Waals surface area contributed by atoms with Gasteiger partial charge in [0, 0.05) is 23.4 Å². The minimum Gasteiger partial charge on any atom is -0.495 e. The highest BCUT2D eigenvalue weighted by atomic mass is 32.2. The lowest BCUT2D eigenvalue weighted by Gasteiger charge is -2.43. The molecule has 1 amide bonds. The van der Waals surface area contributed by atoms with Gasteiger partial charge in [-0.3, -0.25) is 0 Å². The standard InChI is InChI=1S/C34H36N2O5S2/c1-25-10-14-29(15-11-25)42-21-7-19-34-24-36(43(38,39)30-16-12-26(2)13-17-30)20-18-28(34)22-31(40-3)32(34)35-33(37)41-23-27-8-5-4-6-9-27/h4-17,21-22,28H,18-20,23-24H2,1-3H3/b21-7+,35-32+/t28-,34-/m0/s1. The SMILES string of the molecule is COC1=C[C@@H]2CCN(S(=O)(=O)c3ccc(C)cc3)C[C@]2(C/C=C/Sc2ccc(C)cc2)/C1=N/C(=O)OCc1ccccc1. The summed E-state index contributed by atoms with van der Waals surface area (Å²) in [4.78, 5) is 18.9. The maximum Gasteiger partial charge on any atom is 0.434 e. The molecule has 5 rings (SSSR count). The molecule has 0 aromatic heterocycles. The van der Waals surface area contributed by atoms with E-state index in [0.29, 0.717) is 30.9 Å². The average molecular weight is 617 g/mol. The molecule has 2 aliphatic rings. The first-order valence-electron chi connectivity index (χ1n) is 14.2. The molecule has 224 valence electrons. The third-order valence-corrected chi connectivity index (χ3v) is 10.7. The van der Waals surface area contributed by atoms with Gasteiger partial charge in [0.1, 0.15) is 12.4 Å². The number of rotatable bonds is 9. The van der Waals surface area contributed by atoms with Gasteiger partial charge in [-0.2, -0.15) is 9.30 Å². The number of fused-ring (bicyclic) bond motifs is 1. The Labute approximate surface area is 258 Å². The molecule has 1 aliphatic heterocycles. The predicted molar refractivity (Wildman–Crippen MR) is 170 cm³/mol. The molecular formula is C34H36N2O5S2. The second-order valence-electron chi connectivity index (χ2n) is 10.9. The topological polar surface area (TPSA) is 85.3 Å². The molecule has 0 saturated carbocycles. The summed E-state index contributed by atoms with van der Waals surface area (Å²) in [5.74, 6) is 0.414. The van der Waals surface area contributed by atoms with Crippen LogP contribution in [0, 0.1) is 25.2 Å². The lowest BCUT2D eigenvalue weighted by molar-refractivity contribution is 0.148. The zero-order valence-electron chi connectivity index (χ0n) is 24.6. The molecule has 0 N–H and O–H groups in total. The van der Waals surface area contributed by atoms with Crippen LogP contribution in [0.25, 0.3) is 0 Å². The summed E-state index contributed by atoms with van der Waals surface area (Å²) in [5, 5.41) is 2.01. The second kappa shape index (κ2) is 13.3. The number of ether oxygens (including phenoxy) is 2. The number of allylic oxidation sites excluding steroid dienone is 3. The van der Waals surface area contributed by atoms with Gasteiger partial charge in [0.2, 0.25) is 10.0 Å². The van der Waals surface area contributed by atoms with E-state index in [-0.39, 0.29) is 24.0 Å². The number of amides is 1. The minimum atomic E-state index is -3.79. The van der Waals surface area contributed by atoms with Crippen LogP contribution in [-0.4, -0.2) is 44.7 Å². The summed E-state index contributed by atoms with van der Waals surface area (Å²) >= 11 is 1.59. The van der Waals surface area contributed by atoms with Crippen molar-refractivity contribution >= 4 is 33.6 Å². The van der Waals surface area contributed by atoms with E-state index in [2.05, 4.69) is 36.2 Å². The van der Waals surface area contributed by atoms with Crippen molar-refractivity contribution in [2.75, 3.05) is 20.2 Å². The highest BCUT2D eigenvalue weighted by Crippen LogP contribution is 2.49. The lowest BCUT2D eigenvalue weighted by atomic mass is 9.70. The van der Waals surface area contributed by atoms with E-state index in [4.69, 9.17) is 9.47 Å². The molecule has 0 unspecified atom stereocenters. The Balaban J connectivity index is 1.46. The molecule has 1 heterocycles. The van der Waals surface area contributed by atoms with Gasteiger partial charge < -0.3 is 9.47 Å². The summed E-state index contributed by atoms with van der Waals surface area (Å²) in [5.41, 5.74) is 2.64. The van der Waals surface area contributed by atoms with E-state index in [1.165, 1.54) is 9.87 Å². The van der Waals surface area contributed by atoms with Gasteiger partial charge in [0.05, 0.1) is 17.7 Å². The minimum absolute atomic E-state index is 0.0679. The van der Waals surface area contributed by atoms with Crippen LogP contribution in [0.3, 0.4) is 0 Å². The number of methoxy groups -OCH3 is 1. The van der Waals surface area contributed by atoms with Crippen LogP contribution < -0.4 is 0 Å². The predicted octanol–water partition coefficient (Wildman–Crippen LogP) is 7.32. The Hall–Kier alpha value is -3.66. The number of hydrogen-bond donors (Lipinski definition) is 0. The van der Waals surface area contributed by atoms with Crippen LogP contribution in [0.15, 0.2) is 117 Å². The maximum atomic E-state index is 13.8. The van der Waals surface area contributed by atoms with E-state index < -0.39 is 21.5 Å². The van der Waals surface area contributed by atoms with E-state index in [9.17, 15) is 13.2 Å². The van der Waals surface area contributed by atoms with Gasteiger partial charge in [0.15, 0.2) is 0 Å². The number of sulfonamides is 1. The van der Waals surface area contributed by atoms with E-state index in [1.807, 2.05) is 54.8 Å². The third-order valence-electron chi connectivity index (χ3n) is 8.01. The molecule has 3 aromatic rings. The number of aliphatic imine (C=N–C) groups is 1. The number of nitrogens with zero attached hydrogens (tertiary/aromatic N) is 2. The molecule has 0 bridgehead atoms. The number of piperidine rings is 1. The van der Waals surface area contributed by atoms with Gasteiger partial charge in [0.25, 0.3) is 0 Å². The Bertz CT molecular complexity index is 1630. The number of benzene rings is 3. The van der Waals surface area contributed by atoms with Crippen LogP contribution in [0.2, 0.25) is 0 Å². The van der Waals surface area contributed by atoms with Crippen molar-refractivity contribution in [1.29, 1.82) is 0 Å². The lowest BCUT2D eigenvalue weighted by Crippen LogP contribution is -2.52. The van der Waals surface area contributed by atoms with Crippen molar-refractivity contribution in [3.8, 4) is 0 Å². The van der Waals surface area contributed by atoms with Crippen LogP contribution in [0.4, 0.5) is 4.79 Å². The summed E-state index contributed by atoms with van der Waals surface area (Å²) in [7, 11) is -2.24. The average Bonchev–Trinajstić information content (AvgIpc) is 3.32. The summed E-state index contributed by atoms with van der Waals surface area (Å²) in [6.07, 6.45) is 4.31. The van der Waals surface area contributed by atoms with Gasteiger partial charge >= 0.3 is 6.09 Å². The molecule has 1 aliphatic carbocycles. The number of carbonyl (C=O) groups excluding carboxylic acids is 1. The number of thioether (sulfide) groups is 1. The molecule has 0 spiro atoms. The summed E-state index contributed by atoms with van der Waals surface area (Å²) < 4.78 is 40.4. The Morgan fingerprint density at radius 3 is 2.37 bits per heavy atom. The van der Waals surface area contributed by atoms with Gasteiger partial charge in [-0.05, 0) is 73.9 Å². The van der Waals surface area contributed by atoms with Crippen molar-refractivity contribution < 1.29 is 22.7 Å². The van der Waals surface area contributed by atoms with Crippen molar-refractivity contribution in [3.63, 3.8) is 0 Å². The number of hydrogen-bond acceptors (Lipinski definition) is 6. The fraction of sp³-hybridized carbons (Fsp3) is 0.294. The second-order valence-corrected chi connectivity index (χ2v) is 13.9. The van der Waals surface area contributed by atoms with Gasteiger partial charge in [-0.25, -0.2) is 13.2 Å². The highest BCUT2D eigenvalue weighted by Gasteiger charge is 2.53. The van der Waals surface area contributed by atoms with Crippen LogP contribution in [-0.2, 0) is 26.1 Å². The molecule has 3 aromatic carbocycles. The number of aryl methyl sites for hydroxylation is 2. The first-order valence-corrected chi connectivity index (χ1v) is 16.5. The number of carbonyl (C=O) groups is 1. The molecule has 1 fully saturated rings. The third kappa shape index (κ3) is 6.95. The monoisotopic (exact) mass is 616 g/mol. The fourth-order valence-electron chi connectivity index (χ4n) is 5.62. The van der Waals surface area contributed by atoms with Crippen molar-refractivity contribution in [1.82, 2.24) is 4.31 Å². The molecule has 0 radical (unpaired) electrons. The zero-order valence-corrected chi connectivity index (χ0v) is 26.2. The van der Waals surface area contributed by atoms with E-state index in [0.717, 1.165) is 16.0 Å². The molecule has 9 heteroatoms. The van der Waals surface area contributed by atoms with Crippen LogP contribution in [0.5, 0.6) is 0 Å². The van der Waals surface area contributed by atoms with Crippen LogP contribution in [0.1, 0.15) is 29.5 Å². The Kier molecular flexibility index (Phi) is 9.54. The van der Waals surface area contributed by atoms with E-state index >= 15 is 0 Å². The fourth-order valence-corrected chi connectivity index (χ4v) is 7.79. The van der Waals surface area contributed by atoms with E-state index in [1.54, 1.807) is 43.1 Å². The molecule has 43 heavy (non-hydrogen) atoms. The normalized spacial score (nSPS) is 21.5. The maximum absolute atomic E-state index is 13.8. The zero-order chi connectivity index (χ0) is 30.5. The first kappa shape index (κ1) is 30.8.